The summed E-state index contributed by atoms with van der Waals surface area (Å²) in [4.78, 5) is 24.0. The minimum absolute atomic E-state index is 0.0751. The Kier molecular flexibility index (Phi) is 7.21. The van der Waals surface area contributed by atoms with Crippen LogP contribution >= 0.6 is 0 Å². The van der Waals surface area contributed by atoms with Crippen molar-refractivity contribution in [2.75, 3.05) is 11.9 Å². The Morgan fingerprint density at radius 3 is 2.14 bits per heavy atom. The van der Waals surface area contributed by atoms with Crippen LogP contribution in [0.5, 0.6) is 5.75 Å². The van der Waals surface area contributed by atoms with Gasteiger partial charge in [0.25, 0.3) is 11.8 Å². The lowest BCUT2D eigenvalue weighted by Gasteiger charge is -2.23. The first kappa shape index (κ1) is 21.5. The molecule has 0 aromatic heterocycles. The third kappa shape index (κ3) is 6.12. The fraction of sp³-hybridized carbons (Fsp3) is 0.391. The zero-order valence-electron chi connectivity index (χ0n) is 17.3. The van der Waals surface area contributed by atoms with E-state index in [4.69, 9.17) is 4.74 Å². The summed E-state index contributed by atoms with van der Waals surface area (Å²) in [5.41, 5.74) is 2.54. The van der Waals surface area contributed by atoms with Gasteiger partial charge in [0.05, 0.1) is 0 Å². The summed E-state index contributed by atoms with van der Waals surface area (Å²) in [6.45, 7) is 10.3. The number of carbonyl (C=O) groups is 2. The second-order valence-corrected chi connectivity index (χ2v) is 7.80. The molecule has 0 unspecified atom stereocenters. The van der Waals surface area contributed by atoms with Crippen molar-refractivity contribution in [2.45, 2.75) is 52.5 Å². The standard InChI is InChI=1S/C23H30N2O3/c1-6-23(4,5)18-9-13-20(14-10-18)28-15-21(26)25-19-11-7-17(8-12-19)22(27)24-16(2)3/h7-14,16H,6,15H2,1-5H3,(H,24,27)(H,25,26). The molecule has 0 fully saturated rings. The molecule has 0 aliphatic rings. The van der Waals surface area contributed by atoms with Crippen LogP contribution in [-0.2, 0) is 10.2 Å². The number of rotatable bonds is 8. The Morgan fingerprint density at radius 1 is 1.00 bits per heavy atom. The highest BCUT2D eigenvalue weighted by Gasteiger charge is 2.17. The summed E-state index contributed by atoms with van der Waals surface area (Å²) in [7, 11) is 0. The lowest BCUT2D eigenvalue weighted by atomic mass is 9.82. The van der Waals surface area contributed by atoms with Crippen LogP contribution in [0.4, 0.5) is 5.69 Å². The van der Waals surface area contributed by atoms with E-state index in [2.05, 4.69) is 31.4 Å². The molecule has 150 valence electrons. The van der Waals surface area contributed by atoms with Gasteiger partial charge in [-0.3, -0.25) is 9.59 Å². The molecule has 0 radical (unpaired) electrons. The average Bonchev–Trinajstić information content (AvgIpc) is 2.66. The van der Waals surface area contributed by atoms with Gasteiger partial charge in [0, 0.05) is 17.3 Å². The molecule has 0 spiro atoms. The van der Waals surface area contributed by atoms with Crippen LogP contribution in [0.1, 0.15) is 57.0 Å². The summed E-state index contributed by atoms with van der Waals surface area (Å²) in [5.74, 6) is 0.273. The Hall–Kier alpha value is -2.82. The lowest BCUT2D eigenvalue weighted by Crippen LogP contribution is -2.30. The molecule has 0 saturated carbocycles. The van der Waals surface area contributed by atoms with E-state index >= 15 is 0 Å². The summed E-state index contributed by atoms with van der Waals surface area (Å²) < 4.78 is 5.57. The number of carbonyl (C=O) groups excluding carboxylic acids is 2. The Labute approximate surface area is 167 Å². The SMILES string of the molecule is CCC(C)(C)c1ccc(OCC(=O)Nc2ccc(C(=O)NC(C)C)cc2)cc1. The van der Waals surface area contributed by atoms with Gasteiger partial charge in [-0.05, 0) is 67.6 Å². The van der Waals surface area contributed by atoms with Crippen molar-refractivity contribution in [2.24, 2.45) is 0 Å². The average molecular weight is 383 g/mol. The van der Waals surface area contributed by atoms with Crippen molar-refractivity contribution >= 4 is 17.5 Å². The van der Waals surface area contributed by atoms with Crippen LogP contribution in [0, 0.1) is 0 Å². The van der Waals surface area contributed by atoms with Crippen molar-refractivity contribution in [3.63, 3.8) is 0 Å². The fourth-order valence-electron chi connectivity index (χ4n) is 2.60. The Bertz CT molecular complexity index is 794. The highest BCUT2D eigenvalue weighted by Crippen LogP contribution is 2.28. The van der Waals surface area contributed by atoms with E-state index in [1.54, 1.807) is 24.3 Å². The van der Waals surface area contributed by atoms with Gasteiger partial charge in [0.15, 0.2) is 6.61 Å². The molecule has 0 saturated heterocycles. The van der Waals surface area contributed by atoms with E-state index in [9.17, 15) is 9.59 Å². The van der Waals surface area contributed by atoms with Crippen LogP contribution in [0.15, 0.2) is 48.5 Å². The number of amides is 2. The maximum absolute atomic E-state index is 12.1. The van der Waals surface area contributed by atoms with Gasteiger partial charge in [0.2, 0.25) is 0 Å². The minimum atomic E-state index is -0.252. The number of anilines is 1. The van der Waals surface area contributed by atoms with E-state index < -0.39 is 0 Å². The topological polar surface area (TPSA) is 67.4 Å². The number of nitrogens with one attached hydrogen (secondary N) is 2. The van der Waals surface area contributed by atoms with Gasteiger partial charge in [-0.1, -0.05) is 32.9 Å². The highest BCUT2D eigenvalue weighted by molar-refractivity contribution is 5.96. The molecule has 2 rings (SSSR count). The number of benzene rings is 2. The predicted octanol–water partition coefficient (Wildman–Crippen LogP) is 4.53. The third-order valence-electron chi connectivity index (χ3n) is 4.74. The van der Waals surface area contributed by atoms with Crippen molar-refractivity contribution in [3.8, 4) is 5.75 Å². The molecular weight excluding hydrogens is 352 g/mol. The number of hydrogen-bond acceptors (Lipinski definition) is 3. The first-order chi connectivity index (χ1) is 13.2. The molecule has 0 atom stereocenters. The van der Waals surface area contributed by atoms with Crippen LogP contribution < -0.4 is 15.4 Å². The van der Waals surface area contributed by atoms with E-state index in [0.717, 1.165) is 6.42 Å². The van der Waals surface area contributed by atoms with Crippen LogP contribution in [-0.4, -0.2) is 24.5 Å². The largest absolute Gasteiger partial charge is 0.484 e. The molecule has 2 aromatic rings. The summed E-state index contributed by atoms with van der Waals surface area (Å²) in [5, 5.41) is 5.60. The van der Waals surface area contributed by atoms with Crippen LogP contribution in [0.3, 0.4) is 0 Å². The first-order valence-electron chi connectivity index (χ1n) is 9.65. The number of ether oxygens (including phenoxy) is 1. The first-order valence-corrected chi connectivity index (χ1v) is 9.65. The monoisotopic (exact) mass is 382 g/mol. The van der Waals surface area contributed by atoms with Crippen LogP contribution in [0.25, 0.3) is 0 Å². The van der Waals surface area contributed by atoms with Gasteiger partial charge < -0.3 is 15.4 Å². The molecule has 0 heterocycles. The summed E-state index contributed by atoms with van der Waals surface area (Å²) in [6, 6.07) is 14.7. The quantitative estimate of drug-likeness (QED) is 0.705. The van der Waals surface area contributed by atoms with E-state index in [-0.39, 0.29) is 29.9 Å². The zero-order chi connectivity index (χ0) is 20.7. The molecule has 0 aliphatic heterocycles. The molecule has 0 bridgehead atoms. The van der Waals surface area contributed by atoms with Gasteiger partial charge >= 0.3 is 0 Å². The Morgan fingerprint density at radius 2 is 1.61 bits per heavy atom. The maximum atomic E-state index is 12.1. The van der Waals surface area contributed by atoms with E-state index in [0.29, 0.717) is 17.0 Å². The van der Waals surface area contributed by atoms with Crippen LogP contribution in [0.2, 0.25) is 0 Å². The molecule has 5 heteroatoms. The molecule has 2 aromatic carbocycles. The van der Waals surface area contributed by atoms with Crippen molar-refractivity contribution in [1.82, 2.24) is 5.32 Å². The smallest absolute Gasteiger partial charge is 0.262 e. The third-order valence-corrected chi connectivity index (χ3v) is 4.74. The molecule has 2 amide bonds. The van der Waals surface area contributed by atoms with Gasteiger partial charge in [-0.25, -0.2) is 0 Å². The van der Waals surface area contributed by atoms with E-state index in [1.807, 2.05) is 38.1 Å². The summed E-state index contributed by atoms with van der Waals surface area (Å²) >= 11 is 0. The molecule has 28 heavy (non-hydrogen) atoms. The molecule has 0 aliphatic carbocycles. The number of hydrogen-bond donors (Lipinski definition) is 2. The second-order valence-electron chi connectivity index (χ2n) is 7.80. The zero-order valence-corrected chi connectivity index (χ0v) is 17.3. The van der Waals surface area contributed by atoms with Crippen molar-refractivity contribution < 1.29 is 14.3 Å². The maximum Gasteiger partial charge on any atom is 0.262 e. The minimum Gasteiger partial charge on any atom is -0.484 e. The molecular formula is C23H30N2O3. The normalized spacial score (nSPS) is 11.2. The molecule has 2 N–H and O–H groups in total. The Balaban J connectivity index is 1.86. The van der Waals surface area contributed by atoms with Gasteiger partial charge in [-0.15, -0.1) is 0 Å². The van der Waals surface area contributed by atoms with Gasteiger partial charge in [0.1, 0.15) is 5.75 Å². The van der Waals surface area contributed by atoms with E-state index in [1.165, 1.54) is 5.56 Å². The second kappa shape index (κ2) is 9.40. The lowest BCUT2D eigenvalue weighted by molar-refractivity contribution is -0.118. The van der Waals surface area contributed by atoms with Crippen molar-refractivity contribution in [3.05, 3.63) is 59.7 Å². The highest BCUT2D eigenvalue weighted by atomic mass is 16.5. The van der Waals surface area contributed by atoms with Crippen molar-refractivity contribution in [1.29, 1.82) is 0 Å². The van der Waals surface area contributed by atoms with Gasteiger partial charge in [-0.2, -0.15) is 0 Å². The predicted molar refractivity (Wildman–Crippen MR) is 113 cm³/mol. The summed E-state index contributed by atoms with van der Waals surface area (Å²) in [6.07, 6.45) is 1.05. The fourth-order valence-corrected chi connectivity index (χ4v) is 2.60. The molecule has 5 nitrogen and oxygen atoms in total.